The molecule has 2 aromatic rings. The number of nitrogens with zero attached hydrogens (tertiary/aromatic N) is 3. The van der Waals surface area contributed by atoms with Crippen LogP contribution in [0.5, 0.6) is 0 Å². The molecular weight excluding hydrogens is 252 g/mol. The Morgan fingerprint density at radius 1 is 1.35 bits per heavy atom. The van der Waals surface area contributed by atoms with Crippen molar-refractivity contribution < 1.29 is 4.79 Å². The fraction of sp³-hybridized carbons (Fsp3) is 0.400. The summed E-state index contributed by atoms with van der Waals surface area (Å²) in [6, 6.07) is 3.89. The van der Waals surface area contributed by atoms with E-state index in [9.17, 15) is 4.79 Å². The van der Waals surface area contributed by atoms with Gasteiger partial charge in [0.1, 0.15) is 5.82 Å². The van der Waals surface area contributed by atoms with Crippen LogP contribution in [0.2, 0.25) is 0 Å². The van der Waals surface area contributed by atoms with Gasteiger partial charge in [-0.3, -0.25) is 9.78 Å². The Hall–Kier alpha value is -2.17. The molecule has 2 rings (SSSR count). The van der Waals surface area contributed by atoms with Gasteiger partial charge >= 0.3 is 0 Å². The minimum Gasteiger partial charge on any atom is -0.352 e. The molecule has 0 saturated heterocycles. The Balaban J connectivity index is 1.78. The van der Waals surface area contributed by atoms with Gasteiger partial charge in [-0.15, -0.1) is 0 Å². The van der Waals surface area contributed by atoms with Gasteiger partial charge in [-0.1, -0.05) is 6.92 Å². The van der Waals surface area contributed by atoms with Gasteiger partial charge in [-0.2, -0.15) is 0 Å². The predicted molar refractivity (Wildman–Crippen MR) is 77.0 cm³/mol. The summed E-state index contributed by atoms with van der Waals surface area (Å²) in [5, 5.41) is 2.93. The number of hydrogen-bond donors (Lipinski definition) is 1. The fourth-order valence-electron chi connectivity index (χ4n) is 2.08. The normalized spacial score (nSPS) is 10.5. The Bertz CT molecular complexity index is 577. The number of amides is 1. The Morgan fingerprint density at radius 3 is 2.95 bits per heavy atom. The molecule has 5 heteroatoms. The van der Waals surface area contributed by atoms with Gasteiger partial charge < -0.3 is 9.88 Å². The Labute approximate surface area is 119 Å². The summed E-state index contributed by atoms with van der Waals surface area (Å²) >= 11 is 0. The first-order chi connectivity index (χ1) is 9.69. The van der Waals surface area contributed by atoms with Gasteiger partial charge in [0.2, 0.25) is 5.91 Å². The second kappa shape index (κ2) is 6.84. The quantitative estimate of drug-likeness (QED) is 0.873. The number of carbonyl (C=O) groups is 1. The Kier molecular flexibility index (Phi) is 4.87. The molecule has 0 aromatic carbocycles. The molecule has 0 aliphatic carbocycles. The maximum absolute atomic E-state index is 11.8. The number of hydrogen-bond acceptors (Lipinski definition) is 3. The summed E-state index contributed by atoms with van der Waals surface area (Å²) in [4.78, 5) is 20.2. The van der Waals surface area contributed by atoms with Crippen LogP contribution in [0.4, 0.5) is 0 Å². The van der Waals surface area contributed by atoms with Gasteiger partial charge in [0.05, 0.1) is 0 Å². The second-order valence-corrected chi connectivity index (χ2v) is 4.72. The average Bonchev–Trinajstić information content (AvgIpc) is 2.90. The fourth-order valence-corrected chi connectivity index (χ4v) is 2.08. The van der Waals surface area contributed by atoms with E-state index in [2.05, 4.69) is 22.2 Å². The van der Waals surface area contributed by atoms with Crippen LogP contribution >= 0.6 is 0 Å². The van der Waals surface area contributed by atoms with E-state index in [1.54, 1.807) is 12.4 Å². The maximum Gasteiger partial charge on any atom is 0.222 e. The Morgan fingerprint density at radius 2 is 2.20 bits per heavy atom. The molecule has 106 valence electrons. The summed E-state index contributed by atoms with van der Waals surface area (Å²) in [5.74, 6) is 1.07. The van der Waals surface area contributed by atoms with Crippen molar-refractivity contribution >= 4 is 5.91 Å². The minimum absolute atomic E-state index is 0.0511. The van der Waals surface area contributed by atoms with E-state index < -0.39 is 0 Å². The molecule has 0 unspecified atom stereocenters. The molecule has 0 aliphatic rings. The van der Waals surface area contributed by atoms with Gasteiger partial charge in [0.25, 0.3) is 0 Å². The zero-order valence-electron chi connectivity index (χ0n) is 12.0. The summed E-state index contributed by atoms with van der Waals surface area (Å²) < 4.78 is 2.02. The van der Waals surface area contributed by atoms with Crippen LogP contribution < -0.4 is 5.32 Å². The molecule has 1 N–H and O–H groups in total. The lowest BCUT2D eigenvalue weighted by atomic mass is 10.2. The zero-order chi connectivity index (χ0) is 14.4. The van der Waals surface area contributed by atoms with Crippen LogP contribution in [0.25, 0.3) is 0 Å². The summed E-state index contributed by atoms with van der Waals surface area (Å²) in [6.07, 6.45) is 6.79. The monoisotopic (exact) mass is 272 g/mol. The van der Waals surface area contributed by atoms with Crippen molar-refractivity contribution in [2.24, 2.45) is 0 Å². The van der Waals surface area contributed by atoms with E-state index in [4.69, 9.17) is 0 Å². The smallest absolute Gasteiger partial charge is 0.222 e. The van der Waals surface area contributed by atoms with Crippen molar-refractivity contribution in [2.75, 3.05) is 0 Å². The van der Waals surface area contributed by atoms with E-state index in [1.807, 2.05) is 29.8 Å². The maximum atomic E-state index is 11.8. The van der Waals surface area contributed by atoms with E-state index in [1.165, 1.54) is 0 Å². The molecule has 5 nitrogen and oxygen atoms in total. The molecule has 20 heavy (non-hydrogen) atoms. The summed E-state index contributed by atoms with van der Waals surface area (Å²) in [6.45, 7) is 5.22. The van der Waals surface area contributed by atoms with E-state index in [0.717, 1.165) is 23.5 Å². The SMILES string of the molecule is CCc1nccn1CCC(=O)NCc1ccnc(C)c1. The van der Waals surface area contributed by atoms with Gasteiger partial charge in [0, 0.05) is 50.2 Å². The van der Waals surface area contributed by atoms with Gasteiger partial charge in [0.15, 0.2) is 0 Å². The van der Waals surface area contributed by atoms with Crippen molar-refractivity contribution in [3.05, 3.63) is 47.8 Å². The van der Waals surface area contributed by atoms with Crippen molar-refractivity contribution in [2.45, 2.75) is 39.8 Å². The van der Waals surface area contributed by atoms with Crippen LogP contribution in [-0.4, -0.2) is 20.4 Å². The standard InChI is InChI=1S/C15H20N4O/c1-3-14-17-7-9-19(14)8-5-15(20)18-11-13-4-6-16-12(2)10-13/h4,6-7,9-10H,3,5,8,11H2,1-2H3,(H,18,20). The highest BCUT2D eigenvalue weighted by atomic mass is 16.1. The van der Waals surface area contributed by atoms with E-state index in [0.29, 0.717) is 19.5 Å². The molecule has 1 amide bonds. The predicted octanol–water partition coefficient (Wildman–Crippen LogP) is 1.86. The molecule has 2 aromatic heterocycles. The molecule has 0 saturated carbocycles. The summed E-state index contributed by atoms with van der Waals surface area (Å²) in [7, 11) is 0. The van der Waals surface area contributed by atoms with Crippen molar-refractivity contribution in [1.82, 2.24) is 19.9 Å². The first kappa shape index (κ1) is 14.2. The second-order valence-electron chi connectivity index (χ2n) is 4.72. The van der Waals surface area contributed by atoms with Crippen LogP contribution in [0, 0.1) is 6.92 Å². The number of rotatable bonds is 6. The van der Waals surface area contributed by atoms with Gasteiger partial charge in [-0.05, 0) is 24.6 Å². The van der Waals surface area contributed by atoms with Crippen molar-refractivity contribution in [1.29, 1.82) is 0 Å². The summed E-state index contributed by atoms with van der Waals surface area (Å²) in [5.41, 5.74) is 2.03. The van der Waals surface area contributed by atoms with Crippen molar-refractivity contribution in [3.8, 4) is 0 Å². The highest BCUT2D eigenvalue weighted by Crippen LogP contribution is 2.02. The average molecular weight is 272 g/mol. The number of imidazole rings is 1. The van der Waals surface area contributed by atoms with E-state index >= 15 is 0 Å². The zero-order valence-corrected chi connectivity index (χ0v) is 12.0. The molecule has 0 spiro atoms. The van der Waals surface area contributed by atoms with Crippen LogP contribution in [-0.2, 0) is 24.3 Å². The number of nitrogens with one attached hydrogen (secondary N) is 1. The lowest BCUT2D eigenvalue weighted by molar-refractivity contribution is -0.121. The van der Waals surface area contributed by atoms with Crippen LogP contribution in [0.3, 0.4) is 0 Å². The third-order valence-electron chi connectivity index (χ3n) is 3.15. The molecular formula is C15H20N4O. The molecule has 0 radical (unpaired) electrons. The minimum atomic E-state index is 0.0511. The number of carbonyl (C=O) groups excluding carboxylic acids is 1. The largest absolute Gasteiger partial charge is 0.352 e. The first-order valence-electron chi connectivity index (χ1n) is 6.87. The lowest BCUT2D eigenvalue weighted by Gasteiger charge is -2.08. The molecule has 0 bridgehead atoms. The highest BCUT2D eigenvalue weighted by molar-refractivity contribution is 5.75. The topological polar surface area (TPSA) is 59.8 Å². The number of aryl methyl sites for hydroxylation is 3. The number of pyridine rings is 1. The first-order valence-corrected chi connectivity index (χ1v) is 6.87. The number of aromatic nitrogens is 3. The van der Waals surface area contributed by atoms with Crippen LogP contribution in [0.1, 0.15) is 30.4 Å². The molecule has 0 atom stereocenters. The van der Waals surface area contributed by atoms with Crippen LogP contribution in [0.15, 0.2) is 30.7 Å². The van der Waals surface area contributed by atoms with Gasteiger partial charge in [-0.25, -0.2) is 4.98 Å². The van der Waals surface area contributed by atoms with E-state index in [-0.39, 0.29) is 5.91 Å². The highest BCUT2D eigenvalue weighted by Gasteiger charge is 2.05. The van der Waals surface area contributed by atoms with Crippen molar-refractivity contribution in [3.63, 3.8) is 0 Å². The molecule has 0 aliphatic heterocycles. The lowest BCUT2D eigenvalue weighted by Crippen LogP contribution is -2.24. The third-order valence-corrected chi connectivity index (χ3v) is 3.15. The molecule has 0 fully saturated rings. The third kappa shape index (κ3) is 3.91. The molecule has 2 heterocycles.